The van der Waals surface area contributed by atoms with Crippen LogP contribution in [0.2, 0.25) is 5.22 Å². The van der Waals surface area contributed by atoms with Gasteiger partial charge in [-0.15, -0.1) is 11.3 Å². The summed E-state index contributed by atoms with van der Waals surface area (Å²) < 4.78 is 4.90. The fraction of sp³-hybridized carbons (Fsp3) is 0. The minimum Gasteiger partial charge on any atom is -0.452 e. The highest BCUT2D eigenvalue weighted by atomic mass is 35.5. The molecule has 0 unspecified atom stereocenters. The number of aromatic nitrogens is 1. The zero-order valence-electron chi connectivity index (χ0n) is 10.2. The largest absolute Gasteiger partial charge is 0.452 e. The number of nitrogens with zero attached hydrogens (tertiary/aromatic N) is 1. The van der Waals surface area contributed by atoms with E-state index >= 15 is 0 Å². The van der Waals surface area contributed by atoms with Crippen molar-refractivity contribution in [2.24, 2.45) is 0 Å². The van der Waals surface area contributed by atoms with Gasteiger partial charge >= 0.3 is 0 Å². The van der Waals surface area contributed by atoms with E-state index in [9.17, 15) is 4.79 Å². The smallest absolute Gasteiger partial charge is 0.260 e. The normalized spacial score (nSPS) is 10.4. The van der Waals surface area contributed by atoms with Gasteiger partial charge in [-0.3, -0.25) is 4.79 Å². The Morgan fingerprint density at radius 1 is 1.35 bits per heavy atom. The third-order valence-corrected chi connectivity index (χ3v) is 3.78. The molecule has 4 nitrogen and oxygen atoms in total. The standard InChI is InChI=1S/C14H9ClN2O2S/c15-12-11(4-6-19-12)13(18)17-10-3-1-2-9(8-10)14-16-5-7-20-14/h1-8H,(H,17,18). The maximum absolute atomic E-state index is 12.0. The first-order valence-electron chi connectivity index (χ1n) is 5.78. The number of amides is 1. The molecule has 0 aliphatic heterocycles. The molecule has 0 atom stereocenters. The molecule has 3 aromatic rings. The topological polar surface area (TPSA) is 55.1 Å². The Kier molecular flexibility index (Phi) is 3.54. The van der Waals surface area contributed by atoms with Crippen molar-refractivity contribution in [1.29, 1.82) is 0 Å². The summed E-state index contributed by atoms with van der Waals surface area (Å²) in [6, 6.07) is 9.01. The van der Waals surface area contributed by atoms with Gasteiger partial charge in [0.2, 0.25) is 5.22 Å². The summed E-state index contributed by atoms with van der Waals surface area (Å²) in [5.41, 5.74) is 1.95. The van der Waals surface area contributed by atoms with Crippen LogP contribution in [-0.4, -0.2) is 10.9 Å². The maximum Gasteiger partial charge on any atom is 0.260 e. The van der Waals surface area contributed by atoms with Crippen LogP contribution in [0.5, 0.6) is 0 Å². The van der Waals surface area contributed by atoms with E-state index in [1.807, 2.05) is 29.6 Å². The Hall–Kier alpha value is -2.11. The Morgan fingerprint density at radius 2 is 2.25 bits per heavy atom. The van der Waals surface area contributed by atoms with Crippen LogP contribution < -0.4 is 5.32 Å². The van der Waals surface area contributed by atoms with Gasteiger partial charge < -0.3 is 9.73 Å². The fourth-order valence-corrected chi connectivity index (χ4v) is 2.59. The fourth-order valence-electron chi connectivity index (χ4n) is 1.75. The van der Waals surface area contributed by atoms with Gasteiger partial charge in [-0.2, -0.15) is 0 Å². The molecule has 0 saturated heterocycles. The number of halogens is 1. The van der Waals surface area contributed by atoms with Crippen LogP contribution in [-0.2, 0) is 0 Å². The van der Waals surface area contributed by atoms with Gasteiger partial charge in [0.25, 0.3) is 5.91 Å². The van der Waals surface area contributed by atoms with Crippen LogP contribution in [0.1, 0.15) is 10.4 Å². The van der Waals surface area contributed by atoms with E-state index in [4.69, 9.17) is 16.0 Å². The van der Waals surface area contributed by atoms with Crippen LogP contribution in [0.15, 0.2) is 52.6 Å². The zero-order valence-corrected chi connectivity index (χ0v) is 11.7. The number of anilines is 1. The van der Waals surface area contributed by atoms with Gasteiger partial charge in [0, 0.05) is 22.8 Å². The Bertz CT molecular complexity index is 737. The lowest BCUT2D eigenvalue weighted by Gasteiger charge is -2.05. The quantitative estimate of drug-likeness (QED) is 0.784. The molecule has 1 aromatic carbocycles. The highest BCUT2D eigenvalue weighted by Gasteiger charge is 2.13. The SMILES string of the molecule is O=C(Nc1cccc(-c2nccs2)c1)c1ccoc1Cl. The summed E-state index contributed by atoms with van der Waals surface area (Å²) >= 11 is 7.32. The summed E-state index contributed by atoms with van der Waals surface area (Å²) in [4.78, 5) is 16.3. The van der Waals surface area contributed by atoms with E-state index in [-0.39, 0.29) is 11.1 Å². The lowest BCUT2D eigenvalue weighted by Crippen LogP contribution is -2.11. The van der Waals surface area contributed by atoms with E-state index in [0.717, 1.165) is 10.6 Å². The molecule has 1 amide bonds. The van der Waals surface area contributed by atoms with Crippen LogP contribution >= 0.6 is 22.9 Å². The minimum absolute atomic E-state index is 0.0820. The number of thiazole rings is 1. The second-order valence-corrected chi connectivity index (χ2v) is 5.22. The molecule has 0 spiro atoms. The van der Waals surface area contributed by atoms with Crippen molar-refractivity contribution in [3.63, 3.8) is 0 Å². The highest BCUT2D eigenvalue weighted by Crippen LogP contribution is 2.25. The summed E-state index contributed by atoms with van der Waals surface area (Å²) in [6.07, 6.45) is 3.12. The second kappa shape index (κ2) is 5.48. The molecule has 2 aromatic heterocycles. The number of benzene rings is 1. The Balaban J connectivity index is 1.83. The van der Waals surface area contributed by atoms with E-state index in [1.54, 1.807) is 17.5 Å². The molecule has 0 saturated carbocycles. The molecule has 20 heavy (non-hydrogen) atoms. The third kappa shape index (κ3) is 2.59. The average molecular weight is 305 g/mol. The first-order chi connectivity index (χ1) is 9.74. The number of furan rings is 1. The van der Waals surface area contributed by atoms with E-state index in [1.165, 1.54) is 12.3 Å². The predicted octanol–water partition coefficient (Wildman–Crippen LogP) is 4.31. The van der Waals surface area contributed by atoms with Gasteiger partial charge in [-0.1, -0.05) is 12.1 Å². The summed E-state index contributed by atoms with van der Waals surface area (Å²) in [5.74, 6) is -0.306. The van der Waals surface area contributed by atoms with Crippen LogP contribution in [0.3, 0.4) is 0 Å². The summed E-state index contributed by atoms with van der Waals surface area (Å²) in [7, 11) is 0. The monoisotopic (exact) mass is 304 g/mol. The molecule has 1 N–H and O–H groups in total. The molecule has 100 valence electrons. The molecule has 0 aliphatic carbocycles. The van der Waals surface area contributed by atoms with Crippen LogP contribution in [0.4, 0.5) is 5.69 Å². The first kappa shape index (κ1) is 12.9. The highest BCUT2D eigenvalue weighted by molar-refractivity contribution is 7.13. The minimum atomic E-state index is -0.306. The van der Waals surface area contributed by atoms with Crippen molar-refractivity contribution in [3.8, 4) is 10.6 Å². The zero-order chi connectivity index (χ0) is 13.9. The van der Waals surface area contributed by atoms with Gasteiger partial charge in [0.15, 0.2) is 0 Å². The number of hydrogen-bond acceptors (Lipinski definition) is 4. The Morgan fingerprint density at radius 3 is 2.95 bits per heavy atom. The van der Waals surface area contributed by atoms with Crippen LogP contribution in [0.25, 0.3) is 10.6 Å². The van der Waals surface area contributed by atoms with E-state index < -0.39 is 0 Å². The summed E-state index contributed by atoms with van der Waals surface area (Å²) in [5, 5.41) is 5.68. The van der Waals surface area contributed by atoms with Crippen molar-refractivity contribution in [1.82, 2.24) is 4.98 Å². The molecule has 0 radical (unpaired) electrons. The average Bonchev–Trinajstić information content (AvgIpc) is 3.09. The number of nitrogens with one attached hydrogen (secondary N) is 1. The number of rotatable bonds is 3. The number of carbonyl (C=O) groups is 1. The van der Waals surface area contributed by atoms with Gasteiger partial charge in [0.1, 0.15) is 5.01 Å². The first-order valence-corrected chi connectivity index (χ1v) is 7.04. The van der Waals surface area contributed by atoms with Crippen molar-refractivity contribution >= 4 is 34.5 Å². The van der Waals surface area contributed by atoms with Crippen molar-refractivity contribution < 1.29 is 9.21 Å². The molecule has 3 rings (SSSR count). The second-order valence-electron chi connectivity index (χ2n) is 3.98. The molecule has 0 aliphatic rings. The molecule has 2 heterocycles. The molecular formula is C14H9ClN2O2S. The lowest BCUT2D eigenvalue weighted by molar-refractivity contribution is 0.102. The Labute approximate surface area is 124 Å². The van der Waals surface area contributed by atoms with E-state index in [0.29, 0.717) is 11.3 Å². The molecule has 0 fully saturated rings. The number of hydrogen-bond donors (Lipinski definition) is 1. The van der Waals surface area contributed by atoms with Crippen LogP contribution in [0, 0.1) is 0 Å². The summed E-state index contributed by atoms with van der Waals surface area (Å²) in [6.45, 7) is 0. The predicted molar refractivity (Wildman–Crippen MR) is 79.2 cm³/mol. The van der Waals surface area contributed by atoms with Crippen molar-refractivity contribution in [2.45, 2.75) is 0 Å². The molecule has 0 bridgehead atoms. The van der Waals surface area contributed by atoms with Crippen molar-refractivity contribution in [3.05, 3.63) is 59.0 Å². The van der Waals surface area contributed by atoms with Crippen molar-refractivity contribution in [2.75, 3.05) is 5.32 Å². The van der Waals surface area contributed by atoms with E-state index in [2.05, 4.69) is 10.3 Å². The van der Waals surface area contributed by atoms with Gasteiger partial charge in [-0.25, -0.2) is 4.98 Å². The molecule has 6 heteroatoms. The third-order valence-electron chi connectivity index (χ3n) is 2.66. The van der Waals surface area contributed by atoms with Gasteiger partial charge in [0.05, 0.1) is 11.8 Å². The number of carbonyl (C=O) groups excluding carboxylic acids is 1. The van der Waals surface area contributed by atoms with Gasteiger partial charge in [-0.05, 0) is 29.8 Å². The lowest BCUT2D eigenvalue weighted by atomic mass is 10.2. The molecular weight excluding hydrogens is 296 g/mol. The maximum atomic E-state index is 12.0.